The van der Waals surface area contributed by atoms with Crippen LogP contribution in [0.3, 0.4) is 0 Å². The first-order valence-corrected chi connectivity index (χ1v) is 10.2. The van der Waals surface area contributed by atoms with Crippen LogP contribution in [-0.2, 0) is 9.84 Å². The van der Waals surface area contributed by atoms with Crippen LogP contribution in [0.5, 0.6) is 0 Å². The maximum atomic E-state index is 12.4. The average Bonchev–Trinajstić information content (AvgIpc) is 2.97. The Labute approximate surface area is 154 Å². The Balaban J connectivity index is 1.77. The monoisotopic (exact) mass is 421 g/mol. The first-order chi connectivity index (χ1) is 11.7. The molecule has 0 aliphatic heterocycles. The normalized spacial score (nSPS) is 12.9. The molecule has 2 aromatic carbocycles. The molecule has 0 radical (unpaired) electrons. The average molecular weight is 422 g/mol. The molecule has 0 fully saturated rings. The smallest absolute Gasteiger partial charge is 0.287 e. The summed E-state index contributed by atoms with van der Waals surface area (Å²) in [4.78, 5) is 12.6. The minimum atomic E-state index is -3.24. The lowest BCUT2D eigenvalue weighted by Crippen LogP contribution is -2.26. The summed E-state index contributed by atoms with van der Waals surface area (Å²) in [6.45, 7) is 1.83. The van der Waals surface area contributed by atoms with Crippen LogP contribution in [0.25, 0.3) is 11.0 Å². The van der Waals surface area contributed by atoms with Crippen LogP contribution in [0, 0.1) is 0 Å². The molecule has 5 nitrogen and oxygen atoms in total. The molecule has 0 aliphatic rings. The standard InChI is InChI=1S/C18H16BrNO4S/c1-11(12-3-6-15(7-4-12)25(2,22)23)20-18(21)17-10-13-9-14(19)5-8-16(13)24-17/h3-11H,1-2H3,(H,20,21). The minimum absolute atomic E-state index is 0.229. The fourth-order valence-electron chi connectivity index (χ4n) is 2.48. The predicted molar refractivity (Wildman–Crippen MR) is 99.3 cm³/mol. The summed E-state index contributed by atoms with van der Waals surface area (Å²) < 4.78 is 29.5. The van der Waals surface area contributed by atoms with Crippen LogP contribution in [0.1, 0.15) is 29.1 Å². The van der Waals surface area contributed by atoms with Crippen molar-refractivity contribution in [1.29, 1.82) is 0 Å². The Morgan fingerprint density at radius 1 is 1.12 bits per heavy atom. The van der Waals surface area contributed by atoms with E-state index in [0.717, 1.165) is 21.7 Å². The molecular formula is C18H16BrNO4S. The van der Waals surface area contributed by atoms with Gasteiger partial charge in [0.15, 0.2) is 15.6 Å². The topological polar surface area (TPSA) is 76.4 Å². The van der Waals surface area contributed by atoms with E-state index in [2.05, 4.69) is 21.2 Å². The number of carbonyl (C=O) groups is 1. The number of furan rings is 1. The molecule has 3 rings (SSSR count). The van der Waals surface area contributed by atoms with E-state index >= 15 is 0 Å². The van der Waals surface area contributed by atoms with E-state index in [9.17, 15) is 13.2 Å². The number of halogens is 1. The first kappa shape index (κ1) is 17.7. The minimum Gasteiger partial charge on any atom is -0.451 e. The van der Waals surface area contributed by atoms with Crippen LogP contribution in [0.4, 0.5) is 0 Å². The molecule has 7 heteroatoms. The van der Waals surface area contributed by atoms with Gasteiger partial charge in [-0.05, 0) is 48.9 Å². The van der Waals surface area contributed by atoms with Crippen LogP contribution in [-0.4, -0.2) is 20.6 Å². The predicted octanol–water partition coefficient (Wildman–Crippen LogP) is 4.09. The van der Waals surface area contributed by atoms with E-state index in [1.165, 1.54) is 12.1 Å². The van der Waals surface area contributed by atoms with Crippen molar-refractivity contribution < 1.29 is 17.6 Å². The lowest BCUT2D eigenvalue weighted by Gasteiger charge is -2.13. The molecule has 0 saturated heterocycles. The fourth-order valence-corrected chi connectivity index (χ4v) is 3.49. The molecule has 1 N–H and O–H groups in total. The molecule has 0 saturated carbocycles. The van der Waals surface area contributed by atoms with Crippen molar-refractivity contribution in [3.63, 3.8) is 0 Å². The zero-order valence-electron chi connectivity index (χ0n) is 13.6. The maximum Gasteiger partial charge on any atom is 0.287 e. The highest BCUT2D eigenvalue weighted by Crippen LogP contribution is 2.24. The highest BCUT2D eigenvalue weighted by molar-refractivity contribution is 9.10. The van der Waals surface area contributed by atoms with Gasteiger partial charge in [0.1, 0.15) is 5.58 Å². The van der Waals surface area contributed by atoms with Gasteiger partial charge in [0, 0.05) is 16.1 Å². The van der Waals surface area contributed by atoms with Gasteiger partial charge in [-0.15, -0.1) is 0 Å². The molecular weight excluding hydrogens is 406 g/mol. The van der Waals surface area contributed by atoms with Crippen molar-refractivity contribution in [2.24, 2.45) is 0 Å². The number of carbonyl (C=O) groups excluding carboxylic acids is 1. The number of nitrogens with one attached hydrogen (secondary N) is 1. The number of hydrogen-bond donors (Lipinski definition) is 1. The van der Waals surface area contributed by atoms with Crippen LogP contribution in [0.15, 0.2) is 62.3 Å². The van der Waals surface area contributed by atoms with Crippen LogP contribution in [0.2, 0.25) is 0 Å². The van der Waals surface area contributed by atoms with Crippen molar-refractivity contribution in [3.8, 4) is 0 Å². The van der Waals surface area contributed by atoms with Crippen molar-refractivity contribution >= 4 is 42.6 Å². The summed E-state index contributed by atoms with van der Waals surface area (Å²) >= 11 is 3.38. The van der Waals surface area contributed by atoms with Gasteiger partial charge in [0.05, 0.1) is 10.9 Å². The zero-order valence-corrected chi connectivity index (χ0v) is 16.0. The van der Waals surface area contributed by atoms with Crippen molar-refractivity contribution in [2.45, 2.75) is 17.9 Å². The molecule has 1 aromatic heterocycles. The Kier molecular flexibility index (Phi) is 4.71. The van der Waals surface area contributed by atoms with Gasteiger partial charge >= 0.3 is 0 Å². The second-order valence-electron chi connectivity index (χ2n) is 5.83. The fraction of sp³-hybridized carbons (Fsp3) is 0.167. The van der Waals surface area contributed by atoms with Gasteiger partial charge in [0.25, 0.3) is 5.91 Å². The van der Waals surface area contributed by atoms with Gasteiger partial charge in [-0.1, -0.05) is 28.1 Å². The van der Waals surface area contributed by atoms with Gasteiger partial charge in [-0.2, -0.15) is 0 Å². The van der Waals surface area contributed by atoms with E-state index in [1.54, 1.807) is 24.3 Å². The number of amides is 1. The Hall–Kier alpha value is -2.12. The van der Waals surface area contributed by atoms with Gasteiger partial charge in [-0.3, -0.25) is 4.79 Å². The van der Waals surface area contributed by atoms with Crippen molar-refractivity contribution in [3.05, 3.63) is 64.3 Å². The lowest BCUT2D eigenvalue weighted by molar-refractivity contribution is 0.0914. The van der Waals surface area contributed by atoms with E-state index in [-0.39, 0.29) is 22.6 Å². The van der Waals surface area contributed by atoms with Crippen LogP contribution >= 0.6 is 15.9 Å². The number of hydrogen-bond acceptors (Lipinski definition) is 4. The quantitative estimate of drug-likeness (QED) is 0.687. The SMILES string of the molecule is CC(NC(=O)c1cc2cc(Br)ccc2o1)c1ccc(S(C)(=O)=O)cc1. The third kappa shape index (κ3) is 3.93. The molecule has 0 spiro atoms. The summed E-state index contributed by atoms with van der Waals surface area (Å²) in [5.74, 6) is -0.0975. The molecule has 1 heterocycles. The molecule has 1 atom stereocenters. The number of rotatable bonds is 4. The van der Waals surface area contributed by atoms with Gasteiger partial charge in [-0.25, -0.2) is 8.42 Å². The highest BCUT2D eigenvalue weighted by atomic mass is 79.9. The van der Waals surface area contributed by atoms with Crippen molar-refractivity contribution in [1.82, 2.24) is 5.32 Å². The third-order valence-corrected chi connectivity index (χ3v) is 5.48. The van der Waals surface area contributed by atoms with E-state index in [1.807, 2.05) is 19.1 Å². The zero-order chi connectivity index (χ0) is 18.2. The molecule has 3 aromatic rings. The maximum absolute atomic E-state index is 12.4. The van der Waals surface area contributed by atoms with Gasteiger partial charge in [0.2, 0.25) is 0 Å². The number of benzene rings is 2. The number of sulfone groups is 1. The summed E-state index contributed by atoms with van der Waals surface area (Å²) in [5, 5.41) is 3.69. The summed E-state index contributed by atoms with van der Waals surface area (Å²) in [7, 11) is -3.24. The van der Waals surface area contributed by atoms with Gasteiger partial charge < -0.3 is 9.73 Å². The third-order valence-electron chi connectivity index (χ3n) is 3.86. The molecule has 25 heavy (non-hydrogen) atoms. The van der Waals surface area contributed by atoms with E-state index < -0.39 is 9.84 Å². The summed E-state index contributed by atoms with van der Waals surface area (Å²) in [6, 6.07) is 13.4. The molecule has 0 aliphatic carbocycles. The Morgan fingerprint density at radius 3 is 2.44 bits per heavy atom. The molecule has 1 unspecified atom stereocenters. The van der Waals surface area contributed by atoms with Crippen LogP contribution < -0.4 is 5.32 Å². The number of fused-ring (bicyclic) bond motifs is 1. The van der Waals surface area contributed by atoms with E-state index in [4.69, 9.17) is 4.42 Å². The molecule has 0 bridgehead atoms. The summed E-state index contributed by atoms with van der Waals surface area (Å²) in [5.41, 5.74) is 1.44. The highest BCUT2D eigenvalue weighted by Gasteiger charge is 2.16. The van der Waals surface area contributed by atoms with E-state index in [0.29, 0.717) is 5.58 Å². The molecule has 1 amide bonds. The molecule has 130 valence electrons. The lowest BCUT2D eigenvalue weighted by atomic mass is 10.1. The second-order valence-corrected chi connectivity index (χ2v) is 8.76. The van der Waals surface area contributed by atoms with Crippen molar-refractivity contribution in [2.75, 3.05) is 6.26 Å². The second kappa shape index (κ2) is 6.65. The Morgan fingerprint density at radius 2 is 1.80 bits per heavy atom. The first-order valence-electron chi connectivity index (χ1n) is 7.54. The Bertz CT molecular complexity index is 1040. The largest absolute Gasteiger partial charge is 0.451 e. The summed E-state index contributed by atoms with van der Waals surface area (Å²) in [6.07, 6.45) is 1.16.